The monoisotopic (exact) mass is 368 g/mol. The van der Waals surface area contributed by atoms with Gasteiger partial charge < -0.3 is 20.1 Å². The first-order valence-corrected chi connectivity index (χ1v) is 8.92. The van der Waals surface area contributed by atoms with Crippen LogP contribution in [0.3, 0.4) is 0 Å². The Kier molecular flexibility index (Phi) is 6.16. The van der Waals surface area contributed by atoms with Crippen LogP contribution < -0.4 is 5.73 Å². The molecule has 0 spiro atoms. The molecule has 1 fully saturated rings. The molecule has 0 saturated heterocycles. The van der Waals surface area contributed by atoms with Crippen LogP contribution >= 0.6 is 0 Å². The van der Waals surface area contributed by atoms with Crippen molar-refractivity contribution >= 4 is 11.5 Å². The van der Waals surface area contributed by atoms with Crippen LogP contribution in [0.2, 0.25) is 0 Å². The Hall–Kier alpha value is -2.76. The third-order valence-corrected chi connectivity index (χ3v) is 4.85. The van der Waals surface area contributed by atoms with Gasteiger partial charge in [0.2, 0.25) is 0 Å². The average Bonchev–Trinajstić information content (AvgIpc) is 3.37. The molecule has 8 nitrogen and oxygen atoms in total. The van der Waals surface area contributed by atoms with E-state index in [1.807, 2.05) is 6.20 Å². The van der Waals surface area contributed by atoms with E-state index in [-0.39, 0.29) is 0 Å². The van der Waals surface area contributed by atoms with Crippen molar-refractivity contribution in [2.45, 2.75) is 38.4 Å². The van der Waals surface area contributed by atoms with Gasteiger partial charge in [-0.15, -0.1) is 0 Å². The van der Waals surface area contributed by atoms with Crippen LogP contribution in [0, 0.1) is 6.57 Å². The number of nitrogen functional groups attached to an aromatic ring is 1. The first-order chi connectivity index (χ1) is 13.2. The normalized spacial score (nSPS) is 13.9. The highest BCUT2D eigenvalue weighted by molar-refractivity contribution is 5.67. The molecule has 2 aromatic rings. The Bertz CT molecular complexity index is 855. The summed E-state index contributed by atoms with van der Waals surface area (Å²) in [6.07, 6.45) is 9.51. The van der Waals surface area contributed by atoms with E-state index in [0.29, 0.717) is 24.5 Å². The zero-order valence-electron chi connectivity index (χ0n) is 15.7. The van der Waals surface area contributed by atoms with Gasteiger partial charge in [0, 0.05) is 38.0 Å². The van der Waals surface area contributed by atoms with Crippen molar-refractivity contribution in [2.24, 2.45) is 0 Å². The molecule has 0 unspecified atom stereocenters. The Balaban J connectivity index is 1.98. The molecule has 3 rings (SSSR count). The van der Waals surface area contributed by atoms with Gasteiger partial charge in [0.25, 0.3) is 6.54 Å². The van der Waals surface area contributed by atoms with E-state index in [9.17, 15) is 0 Å². The van der Waals surface area contributed by atoms with Crippen LogP contribution in [0.15, 0.2) is 24.3 Å². The van der Waals surface area contributed by atoms with E-state index in [0.717, 1.165) is 29.7 Å². The minimum atomic E-state index is -0.439. The van der Waals surface area contributed by atoms with Gasteiger partial charge in [-0.05, 0) is 31.3 Å². The number of allylic oxidation sites excluding steroid dienone is 1. The lowest BCUT2D eigenvalue weighted by Crippen LogP contribution is -2.18. The summed E-state index contributed by atoms with van der Waals surface area (Å²) in [5, 5.41) is 4.50. The molecule has 0 aliphatic heterocycles. The van der Waals surface area contributed by atoms with E-state index in [4.69, 9.17) is 21.8 Å². The average molecular weight is 368 g/mol. The lowest BCUT2D eigenvalue weighted by molar-refractivity contribution is -0.100. The number of anilines is 1. The quantitative estimate of drug-likeness (QED) is 0.597. The zero-order valence-corrected chi connectivity index (χ0v) is 15.7. The molecule has 1 saturated carbocycles. The van der Waals surface area contributed by atoms with E-state index in [1.165, 1.54) is 24.7 Å². The van der Waals surface area contributed by atoms with Gasteiger partial charge in [-0.1, -0.05) is 0 Å². The van der Waals surface area contributed by atoms with Crippen LogP contribution in [-0.2, 0) is 15.9 Å². The van der Waals surface area contributed by atoms with E-state index < -0.39 is 6.29 Å². The van der Waals surface area contributed by atoms with E-state index >= 15 is 0 Å². The predicted molar refractivity (Wildman–Crippen MR) is 102 cm³/mol. The number of nitrogens with two attached hydrogens (primary N) is 1. The van der Waals surface area contributed by atoms with Crippen LogP contribution in [0.1, 0.15) is 31.2 Å². The van der Waals surface area contributed by atoms with E-state index in [1.54, 1.807) is 25.1 Å². The van der Waals surface area contributed by atoms with Crippen molar-refractivity contribution in [2.75, 3.05) is 26.5 Å². The molecule has 142 valence electrons. The topological polar surface area (TPSA) is 92.4 Å². The number of hydrogen-bond donors (Lipinski definition) is 1. The second-order valence-electron chi connectivity index (χ2n) is 6.44. The van der Waals surface area contributed by atoms with Gasteiger partial charge in [-0.2, -0.15) is 5.10 Å². The Morgan fingerprint density at radius 1 is 1.30 bits per heavy atom. The second-order valence-corrected chi connectivity index (χ2v) is 6.44. The third-order valence-electron chi connectivity index (χ3n) is 4.85. The summed E-state index contributed by atoms with van der Waals surface area (Å²) in [4.78, 5) is 12.1. The number of rotatable bonds is 7. The maximum absolute atomic E-state index is 7.28. The highest BCUT2D eigenvalue weighted by Gasteiger charge is 2.20. The summed E-state index contributed by atoms with van der Waals surface area (Å²) in [6.45, 7) is 7.61. The maximum Gasteiger partial charge on any atom is 0.256 e. The molecule has 1 aliphatic carbocycles. The highest BCUT2D eigenvalue weighted by atomic mass is 16.7. The standard InChI is InChI=1S/C19H24N6O2/c1-21-10-16(13-6-4-5-7-13)25-11-14(9-24-25)18-15(8-17(26-2)27-3)19(20)23-12-22-18/h9,11-12,17H,4-8,10H2,2-3H3,(H2,20,22,23). The lowest BCUT2D eigenvalue weighted by Gasteiger charge is -2.16. The SMILES string of the molecule is [C-]#[N+]CC(=C1CCCC1)n1cc(-c2ncnc(N)c2CC(OC)OC)cn1. The summed E-state index contributed by atoms with van der Waals surface area (Å²) in [5.74, 6) is 0.391. The molecule has 0 amide bonds. The Morgan fingerprint density at radius 2 is 2.04 bits per heavy atom. The molecule has 0 radical (unpaired) electrons. The molecule has 0 atom stereocenters. The summed E-state index contributed by atoms with van der Waals surface area (Å²) >= 11 is 0. The van der Waals surface area contributed by atoms with Crippen molar-refractivity contribution in [3.8, 4) is 11.3 Å². The smallest absolute Gasteiger partial charge is 0.256 e. The summed E-state index contributed by atoms with van der Waals surface area (Å²) in [7, 11) is 3.16. The van der Waals surface area contributed by atoms with Crippen molar-refractivity contribution in [3.63, 3.8) is 0 Å². The van der Waals surface area contributed by atoms with Gasteiger partial charge >= 0.3 is 0 Å². The number of methoxy groups -OCH3 is 2. The first kappa shape index (κ1) is 19.0. The first-order valence-electron chi connectivity index (χ1n) is 8.92. The van der Waals surface area contributed by atoms with Crippen LogP contribution in [0.25, 0.3) is 21.8 Å². The summed E-state index contributed by atoms with van der Waals surface area (Å²) < 4.78 is 12.4. The van der Waals surface area contributed by atoms with Gasteiger partial charge in [-0.25, -0.2) is 21.2 Å². The van der Waals surface area contributed by atoms with Gasteiger partial charge in [0.05, 0.1) is 11.9 Å². The molecule has 2 N–H and O–H groups in total. The van der Waals surface area contributed by atoms with Crippen LogP contribution in [0.5, 0.6) is 0 Å². The van der Waals surface area contributed by atoms with Crippen LogP contribution in [-0.4, -0.2) is 46.8 Å². The molecule has 2 heterocycles. The molecule has 2 aromatic heterocycles. The maximum atomic E-state index is 7.28. The second kappa shape index (κ2) is 8.75. The minimum Gasteiger partial charge on any atom is -0.383 e. The van der Waals surface area contributed by atoms with Crippen molar-refractivity contribution in [3.05, 3.63) is 41.3 Å². The van der Waals surface area contributed by atoms with Crippen molar-refractivity contribution in [1.82, 2.24) is 19.7 Å². The highest BCUT2D eigenvalue weighted by Crippen LogP contribution is 2.31. The fourth-order valence-corrected chi connectivity index (χ4v) is 3.41. The number of hydrogen-bond acceptors (Lipinski definition) is 6. The predicted octanol–water partition coefficient (Wildman–Crippen LogP) is 2.79. The van der Waals surface area contributed by atoms with E-state index in [2.05, 4.69) is 19.9 Å². The fraction of sp³-hybridized carbons (Fsp3) is 0.474. The summed E-state index contributed by atoms with van der Waals surface area (Å²) in [5.41, 5.74) is 10.7. The Labute approximate surface area is 158 Å². The van der Waals surface area contributed by atoms with Gasteiger partial charge in [-0.3, -0.25) is 0 Å². The molecular formula is C19H24N6O2. The molecule has 1 aliphatic rings. The Morgan fingerprint density at radius 3 is 2.70 bits per heavy atom. The molecular weight excluding hydrogens is 344 g/mol. The number of nitrogens with zero attached hydrogens (tertiary/aromatic N) is 5. The minimum absolute atomic E-state index is 0.324. The zero-order chi connectivity index (χ0) is 19.2. The van der Waals surface area contributed by atoms with Crippen molar-refractivity contribution in [1.29, 1.82) is 0 Å². The molecule has 8 heteroatoms. The molecule has 0 aromatic carbocycles. The number of ether oxygens (including phenoxy) is 2. The largest absolute Gasteiger partial charge is 0.383 e. The van der Waals surface area contributed by atoms with Gasteiger partial charge in [0.1, 0.15) is 17.8 Å². The fourth-order valence-electron chi connectivity index (χ4n) is 3.41. The molecule has 0 bridgehead atoms. The van der Waals surface area contributed by atoms with Crippen LogP contribution in [0.4, 0.5) is 5.82 Å². The van der Waals surface area contributed by atoms with Gasteiger partial charge in [0.15, 0.2) is 6.29 Å². The number of aromatic nitrogens is 4. The lowest BCUT2D eigenvalue weighted by atomic mass is 10.1. The summed E-state index contributed by atoms with van der Waals surface area (Å²) in [6, 6.07) is 0. The van der Waals surface area contributed by atoms with Crippen molar-refractivity contribution < 1.29 is 9.47 Å². The third kappa shape index (κ3) is 4.15. The molecule has 27 heavy (non-hydrogen) atoms.